The summed E-state index contributed by atoms with van der Waals surface area (Å²) >= 11 is 6.34. The van der Waals surface area contributed by atoms with Crippen LogP contribution in [-0.4, -0.2) is 28.1 Å². The summed E-state index contributed by atoms with van der Waals surface area (Å²) < 4.78 is 7.69. The second-order valence-electron chi connectivity index (χ2n) is 9.86. The first kappa shape index (κ1) is 25.1. The van der Waals surface area contributed by atoms with Crippen LogP contribution in [0.2, 0.25) is 5.02 Å². The van der Waals surface area contributed by atoms with Gasteiger partial charge in [0.1, 0.15) is 5.75 Å². The predicted molar refractivity (Wildman–Crippen MR) is 166 cm³/mol. The summed E-state index contributed by atoms with van der Waals surface area (Å²) in [6.07, 6.45) is 0. The molecule has 41 heavy (non-hydrogen) atoms. The number of nitrogens with one attached hydrogen (secondary N) is 1. The summed E-state index contributed by atoms with van der Waals surface area (Å²) in [5.74, 6) is 2.94. The molecule has 0 amide bonds. The number of amidine groups is 2. The van der Waals surface area contributed by atoms with Gasteiger partial charge in [0.05, 0.1) is 35.4 Å². The van der Waals surface area contributed by atoms with E-state index in [1.807, 2.05) is 96.5 Å². The Labute approximate surface area is 243 Å². The zero-order valence-electron chi connectivity index (χ0n) is 22.6. The Morgan fingerprint density at radius 3 is 2.44 bits per heavy atom. The summed E-state index contributed by atoms with van der Waals surface area (Å²) in [6, 6.07) is 34.0. The second-order valence-corrected chi connectivity index (χ2v) is 10.3. The fraction of sp³-hybridized carbons (Fsp3) is 0.121. The molecule has 4 aromatic carbocycles. The van der Waals surface area contributed by atoms with Gasteiger partial charge in [0, 0.05) is 16.3 Å². The molecule has 2 aliphatic rings. The van der Waals surface area contributed by atoms with Crippen molar-refractivity contribution in [3.8, 4) is 11.4 Å². The lowest BCUT2D eigenvalue weighted by Gasteiger charge is -2.40. The van der Waals surface area contributed by atoms with Crippen molar-refractivity contribution in [2.75, 3.05) is 16.8 Å². The molecule has 1 atom stereocenters. The van der Waals surface area contributed by atoms with Gasteiger partial charge in [-0.25, -0.2) is 14.7 Å². The van der Waals surface area contributed by atoms with Crippen LogP contribution in [0.3, 0.4) is 0 Å². The number of hydrogen-bond donors (Lipinski definition) is 1. The topological polar surface area (TPSA) is 67.0 Å². The van der Waals surface area contributed by atoms with Gasteiger partial charge in [-0.2, -0.15) is 5.10 Å². The Balaban J connectivity index is 1.47. The molecule has 0 spiro atoms. The van der Waals surface area contributed by atoms with Gasteiger partial charge < -0.3 is 15.0 Å². The summed E-state index contributed by atoms with van der Waals surface area (Å²) in [4.78, 5) is 12.6. The number of nitrogens with zero attached hydrogens (tertiary/aromatic N) is 5. The molecule has 8 heteroatoms. The molecule has 3 heterocycles. The van der Waals surface area contributed by atoms with Gasteiger partial charge in [0.2, 0.25) is 0 Å². The maximum absolute atomic E-state index is 6.34. The number of ether oxygens (including phenoxy) is 1. The molecule has 7 rings (SSSR count). The van der Waals surface area contributed by atoms with Crippen molar-refractivity contribution in [3.63, 3.8) is 0 Å². The van der Waals surface area contributed by atoms with E-state index in [1.54, 1.807) is 0 Å². The van der Waals surface area contributed by atoms with Crippen LogP contribution in [0.25, 0.3) is 5.69 Å². The molecular formula is C33H27ClN6O. The van der Waals surface area contributed by atoms with E-state index >= 15 is 0 Å². The monoisotopic (exact) mass is 558 g/mol. The van der Waals surface area contributed by atoms with Gasteiger partial charge >= 0.3 is 0 Å². The van der Waals surface area contributed by atoms with Crippen LogP contribution in [0, 0.1) is 6.92 Å². The molecule has 7 nitrogen and oxygen atoms in total. The SMILES string of the molecule is CCOc1ccc([C@@H]2c3c(C)nn(-c4ccccc4)c3N=C3C(Nc4cccc(Cl)c4)=Nc4ccccc4N32)cc1. The number of aryl methyl sites for hydroxylation is 1. The Kier molecular flexibility index (Phi) is 6.29. The van der Waals surface area contributed by atoms with Crippen molar-refractivity contribution < 1.29 is 4.74 Å². The molecule has 5 aromatic rings. The minimum atomic E-state index is -0.210. The van der Waals surface area contributed by atoms with E-state index in [1.165, 1.54) is 0 Å². The number of hydrogen-bond acceptors (Lipinski definition) is 6. The normalized spacial score (nSPS) is 15.3. The molecule has 0 saturated heterocycles. The molecule has 0 bridgehead atoms. The number of fused-ring (bicyclic) bond motifs is 4. The number of halogens is 1. The first-order chi connectivity index (χ1) is 20.1. The maximum Gasteiger partial charge on any atom is 0.179 e. The lowest BCUT2D eigenvalue weighted by atomic mass is 9.93. The highest BCUT2D eigenvalue weighted by molar-refractivity contribution is 6.51. The van der Waals surface area contributed by atoms with Crippen LogP contribution in [0.4, 0.5) is 22.9 Å². The lowest BCUT2D eigenvalue weighted by Crippen LogP contribution is -2.46. The Bertz CT molecular complexity index is 1810. The van der Waals surface area contributed by atoms with Gasteiger partial charge in [-0.1, -0.05) is 60.1 Å². The Hall–Kier alpha value is -4.88. The van der Waals surface area contributed by atoms with E-state index in [0.717, 1.165) is 51.1 Å². The minimum absolute atomic E-state index is 0.210. The van der Waals surface area contributed by atoms with Crippen molar-refractivity contribution in [1.82, 2.24) is 9.78 Å². The van der Waals surface area contributed by atoms with Crippen LogP contribution < -0.4 is 15.0 Å². The smallest absolute Gasteiger partial charge is 0.179 e. The summed E-state index contributed by atoms with van der Waals surface area (Å²) in [5, 5.41) is 9.14. The molecule has 0 radical (unpaired) electrons. The van der Waals surface area contributed by atoms with Gasteiger partial charge in [0.25, 0.3) is 0 Å². The van der Waals surface area contributed by atoms with E-state index in [2.05, 4.69) is 35.3 Å². The van der Waals surface area contributed by atoms with Crippen molar-refractivity contribution in [3.05, 3.63) is 125 Å². The lowest BCUT2D eigenvalue weighted by molar-refractivity contribution is 0.340. The minimum Gasteiger partial charge on any atom is -0.494 e. The van der Waals surface area contributed by atoms with Gasteiger partial charge in [0.15, 0.2) is 17.5 Å². The molecule has 0 fully saturated rings. The van der Waals surface area contributed by atoms with Crippen LogP contribution in [0.1, 0.15) is 29.8 Å². The standard InChI is InChI=1S/C33H27ClN6O/c1-3-41-26-18-16-22(17-19-26)30-29-21(2)38-40(25-12-5-4-6-13-25)32(29)37-33-31(35-24-11-9-10-23(34)20-24)36-27-14-7-8-15-28(27)39(30)33/h4-20,30H,3H2,1-2H3,(H,35,36)/t30-/m1/s1. The van der Waals surface area contributed by atoms with Crippen LogP contribution in [-0.2, 0) is 0 Å². The summed E-state index contributed by atoms with van der Waals surface area (Å²) in [5.41, 5.74) is 6.64. The number of aliphatic imine (C=N–C) groups is 2. The average Bonchev–Trinajstić information content (AvgIpc) is 3.33. The molecule has 2 aliphatic heterocycles. The zero-order valence-corrected chi connectivity index (χ0v) is 23.4. The fourth-order valence-electron chi connectivity index (χ4n) is 5.48. The number of rotatable bonds is 5. The highest BCUT2D eigenvalue weighted by Gasteiger charge is 2.41. The third kappa shape index (κ3) is 4.44. The van der Waals surface area contributed by atoms with E-state index in [0.29, 0.717) is 23.3 Å². The summed E-state index contributed by atoms with van der Waals surface area (Å²) in [6.45, 7) is 4.65. The highest BCUT2D eigenvalue weighted by Crippen LogP contribution is 2.48. The third-order valence-electron chi connectivity index (χ3n) is 7.23. The van der Waals surface area contributed by atoms with Crippen LogP contribution in [0.5, 0.6) is 5.75 Å². The van der Waals surface area contributed by atoms with Gasteiger partial charge in [-0.15, -0.1) is 0 Å². The highest BCUT2D eigenvalue weighted by atomic mass is 35.5. The van der Waals surface area contributed by atoms with Crippen LogP contribution in [0.15, 0.2) is 113 Å². The van der Waals surface area contributed by atoms with E-state index in [-0.39, 0.29) is 6.04 Å². The number of aromatic nitrogens is 2. The molecular weight excluding hydrogens is 532 g/mol. The molecule has 1 N–H and O–H groups in total. The molecule has 0 unspecified atom stereocenters. The van der Waals surface area contributed by atoms with E-state index in [4.69, 9.17) is 31.4 Å². The maximum atomic E-state index is 6.34. The first-order valence-corrected chi connectivity index (χ1v) is 13.9. The molecule has 0 aliphatic carbocycles. The number of benzene rings is 4. The van der Waals surface area contributed by atoms with Crippen molar-refractivity contribution in [1.29, 1.82) is 0 Å². The Morgan fingerprint density at radius 2 is 1.66 bits per heavy atom. The quantitative estimate of drug-likeness (QED) is 0.237. The predicted octanol–water partition coefficient (Wildman–Crippen LogP) is 8.03. The average molecular weight is 559 g/mol. The van der Waals surface area contributed by atoms with Crippen molar-refractivity contribution in [2.45, 2.75) is 19.9 Å². The molecule has 202 valence electrons. The summed E-state index contributed by atoms with van der Waals surface area (Å²) in [7, 11) is 0. The number of anilines is 2. The first-order valence-electron chi connectivity index (χ1n) is 13.6. The van der Waals surface area contributed by atoms with E-state index in [9.17, 15) is 0 Å². The number of para-hydroxylation sites is 3. The zero-order chi connectivity index (χ0) is 27.9. The Morgan fingerprint density at radius 1 is 0.878 bits per heavy atom. The van der Waals surface area contributed by atoms with E-state index < -0.39 is 0 Å². The fourth-order valence-corrected chi connectivity index (χ4v) is 5.67. The van der Waals surface area contributed by atoms with Gasteiger partial charge in [-0.3, -0.25) is 0 Å². The molecule has 0 saturated carbocycles. The largest absolute Gasteiger partial charge is 0.494 e. The second kappa shape index (κ2) is 10.3. The van der Waals surface area contributed by atoms with Crippen molar-refractivity contribution >= 4 is 46.2 Å². The molecule has 1 aromatic heterocycles. The van der Waals surface area contributed by atoms with Crippen LogP contribution >= 0.6 is 11.6 Å². The third-order valence-corrected chi connectivity index (χ3v) is 7.47. The van der Waals surface area contributed by atoms with Crippen molar-refractivity contribution in [2.24, 2.45) is 9.98 Å². The van der Waals surface area contributed by atoms with Gasteiger partial charge in [-0.05, 0) is 74.0 Å².